The Morgan fingerprint density at radius 1 is 1.40 bits per heavy atom. The van der Waals surface area contributed by atoms with E-state index in [1.165, 1.54) is 25.3 Å². The largest absolute Gasteiger partial charge is 0.494 e. The van der Waals surface area contributed by atoms with Crippen LogP contribution in [0.3, 0.4) is 0 Å². The molecule has 1 rings (SSSR count). The first-order valence-corrected chi connectivity index (χ1v) is 5.88. The lowest BCUT2D eigenvalue weighted by Gasteiger charge is -2.01. The van der Waals surface area contributed by atoms with Gasteiger partial charge in [-0.1, -0.05) is 6.07 Å². The lowest BCUT2D eigenvalue weighted by Crippen LogP contribution is -1.93. The van der Waals surface area contributed by atoms with Gasteiger partial charge in [-0.3, -0.25) is 0 Å². The lowest BCUT2D eigenvalue weighted by molar-refractivity contribution is 0.386. The maximum absolute atomic E-state index is 13.4. The second-order valence-electron chi connectivity index (χ2n) is 2.82. The molecule has 0 amide bonds. The number of benzene rings is 1. The highest BCUT2D eigenvalue weighted by Crippen LogP contribution is 2.18. The molecule has 1 aromatic carbocycles. The van der Waals surface area contributed by atoms with Gasteiger partial charge in [-0.15, -0.1) is 0 Å². The first-order valence-electron chi connectivity index (χ1n) is 3.99. The van der Waals surface area contributed by atoms with E-state index in [2.05, 4.69) is 5.92 Å². The first-order chi connectivity index (χ1) is 6.94. The Balaban J connectivity index is 3.21. The van der Waals surface area contributed by atoms with Crippen molar-refractivity contribution in [1.82, 2.24) is 0 Å². The number of rotatable bonds is 1. The Morgan fingerprint density at radius 3 is 2.60 bits per heavy atom. The Morgan fingerprint density at radius 2 is 2.07 bits per heavy atom. The van der Waals surface area contributed by atoms with E-state index in [0.717, 1.165) is 6.26 Å². The molecule has 0 saturated heterocycles. The summed E-state index contributed by atoms with van der Waals surface area (Å²) in [4.78, 5) is 0. The van der Waals surface area contributed by atoms with Gasteiger partial charge in [0, 0.05) is 5.25 Å². The van der Waals surface area contributed by atoms with Crippen LogP contribution in [0.5, 0.6) is 5.75 Å². The van der Waals surface area contributed by atoms with Crippen LogP contribution in [0, 0.1) is 17.0 Å². The minimum Gasteiger partial charge on any atom is -0.494 e. The van der Waals surface area contributed by atoms with Gasteiger partial charge in [-0.25, -0.2) is 12.8 Å². The number of hydrogen-bond donors (Lipinski definition) is 0. The molecule has 1 aromatic rings. The maximum atomic E-state index is 13.4. The zero-order valence-electron chi connectivity index (χ0n) is 8.24. The van der Waals surface area contributed by atoms with Gasteiger partial charge in [-0.05, 0) is 18.1 Å². The predicted molar refractivity (Wildman–Crippen MR) is 54.7 cm³/mol. The van der Waals surface area contributed by atoms with Gasteiger partial charge in [0.05, 0.1) is 18.9 Å². The van der Waals surface area contributed by atoms with Crippen molar-refractivity contribution in [2.45, 2.75) is 0 Å². The van der Waals surface area contributed by atoms with Crippen LogP contribution in [0.1, 0.15) is 5.56 Å². The fourth-order valence-corrected chi connectivity index (χ4v) is 1.21. The average molecular weight is 228 g/mol. The summed E-state index contributed by atoms with van der Waals surface area (Å²) in [5, 5.41) is 1.96. The molecule has 0 saturated carbocycles. The van der Waals surface area contributed by atoms with Crippen LogP contribution >= 0.6 is 0 Å². The van der Waals surface area contributed by atoms with E-state index >= 15 is 0 Å². The lowest BCUT2D eigenvalue weighted by atomic mass is 10.2. The second kappa shape index (κ2) is 4.32. The van der Waals surface area contributed by atoms with E-state index in [-0.39, 0.29) is 11.3 Å². The predicted octanol–water partition coefficient (Wildman–Crippen LogP) is 1.19. The van der Waals surface area contributed by atoms with Crippen molar-refractivity contribution in [2.24, 2.45) is 0 Å². The third kappa shape index (κ3) is 3.26. The molecule has 0 fully saturated rings. The summed E-state index contributed by atoms with van der Waals surface area (Å²) in [6, 6.07) is 4.35. The molecule has 3 nitrogen and oxygen atoms in total. The Bertz CT molecular complexity index is 523. The van der Waals surface area contributed by atoms with E-state index < -0.39 is 15.7 Å². The Labute approximate surface area is 87.8 Å². The zero-order chi connectivity index (χ0) is 11.5. The van der Waals surface area contributed by atoms with Crippen LogP contribution in [0.4, 0.5) is 4.39 Å². The molecule has 0 atom stereocenters. The summed E-state index contributed by atoms with van der Waals surface area (Å²) in [5.41, 5.74) is -0.000208. The summed E-state index contributed by atoms with van der Waals surface area (Å²) in [6.07, 6.45) is 0.956. The summed E-state index contributed by atoms with van der Waals surface area (Å²) in [5.74, 6) is 1.62. The van der Waals surface area contributed by atoms with Crippen molar-refractivity contribution in [3.63, 3.8) is 0 Å². The molecule has 15 heavy (non-hydrogen) atoms. The maximum Gasteiger partial charge on any atom is 0.214 e. The minimum atomic E-state index is -3.43. The summed E-state index contributed by atoms with van der Waals surface area (Å²) in [6.45, 7) is 0. The van der Waals surface area contributed by atoms with Crippen molar-refractivity contribution in [1.29, 1.82) is 0 Å². The smallest absolute Gasteiger partial charge is 0.214 e. The van der Waals surface area contributed by atoms with Gasteiger partial charge in [0.15, 0.2) is 11.6 Å². The van der Waals surface area contributed by atoms with Crippen LogP contribution in [0.2, 0.25) is 0 Å². The van der Waals surface area contributed by atoms with Gasteiger partial charge in [0.2, 0.25) is 9.84 Å². The van der Waals surface area contributed by atoms with Crippen LogP contribution in [0.25, 0.3) is 0 Å². The molecule has 0 aromatic heterocycles. The highest BCUT2D eigenvalue weighted by molar-refractivity contribution is 7.95. The summed E-state index contributed by atoms with van der Waals surface area (Å²) >= 11 is 0. The molecule has 0 spiro atoms. The molecule has 0 N–H and O–H groups in total. The summed E-state index contributed by atoms with van der Waals surface area (Å²) < 4.78 is 39.6. The second-order valence-corrected chi connectivity index (χ2v) is 4.57. The van der Waals surface area contributed by atoms with Crippen molar-refractivity contribution >= 4 is 9.84 Å². The molecule has 80 valence electrons. The molecule has 0 aliphatic carbocycles. The molecule has 0 heterocycles. The van der Waals surface area contributed by atoms with Crippen molar-refractivity contribution in [2.75, 3.05) is 13.4 Å². The number of halogens is 1. The summed E-state index contributed by atoms with van der Waals surface area (Å²) in [7, 11) is -2.10. The SMILES string of the molecule is COc1cccc(C#CS(C)(=O)=O)c1F. The molecule has 5 heteroatoms. The van der Waals surface area contributed by atoms with E-state index in [0.29, 0.717) is 0 Å². The molecule has 0 aliphatic rings. The van der Waals surface area contributed by atoms with Crippen molar-refractivity contribution in [3.8, 4) is 16.9 Å². The van der Waals surface area contributed by atoms with Gasteiger partial charge in [-0.2, -0.15) is 0 Å². The average Bonchev–Trinajstić information content (AvgIpc) is 2.15. The Kier molecular flexibility index (Phi) is 3.32. The van der Waals surface area contributed by atoms with E-state index in [1.54, 1.807) is 0 Å². The van der Waals surface area contributed by atoms with Gasteiger partial charge in [0.25, 0.3) is 0 Å². The molecular weight excluding hydrogens is 219 g/mol. The normalized spacial score (nSPS) is 10.3. The molecule has 0 radical (unpaired) electrons. The van der Waals surface area contributed by atoms with Crippen molar-refractivity contribution in [3.05, 3.63) is 29.6 Å². The standard InChI is InChI=1S/C10H9FO3S/c1-14-9-5-3-4-8(10(9)11)6-7-15(2,12)13/h3-5H,1-2H3. The molecular formula is C10H9FO3S. The highest BCUT2D eigenvalue weighted by Gasteiger charge is 2.05. The van der Waals surface area contributed by atoms with Crippen LogP contribution < -0.4 is 4.74 Å². The van der Waals surface area contributed by atoms with E-state index in [9.17, 15) is 12.8 Å². The van der Waals surface area contributed by atoms with Crippen molar-refractivity contribution < 1.29 is 17.5 Å². The number of sulfone groups is 1. The fourth-order valence-electron chi connectivity index (χ4n) is 0.913. The van der Waals surface area contributed by atoms with Crippen LogP contribution in [-0.4, -0.2) is 21.8 Å². The number of ether oxygens (including phenoxy) is 1. The monoisotopic (exact) mass is 228 g/mol. The molecule has 0 bridgehead atoms. The number of hydrogen-bond acceptors (Lipinski definition) is 3. The quantitative estimate of drug-likeness (QED) is 0.678. The highest BCUT2D eigenvalue weighted by atomic mass is 32.2. The van der Waals surface area contributed by atoms with E-state index in [4.69, 9.17) is 4.74 Å². The fraction of sp³-hybridized carbons (Fsp3) is 0.200. The Hall–Kier alpha value is -1.54. The van der Waals surface area contributed by atoms with Gasteiger partial charge < -0.3 is 4.74 Å². The van der Waals surface area contributed by atoms with Gasteiger partial charge >= 0.3 is 0 Å². The van der Waals surface area contributed by atoms with Crippen LogP contribution in [0.15, 0.2) is 18.2 Å². The van der Waals surface area contributed by atoms with E-state index in [1.807, 2.05) is 5.25 Å². The molecule has 0 aliphatic heterocycles. The van der Waals surface area contributed by atoms with Crippen LogP contribution in [-0.2, 0) is 9.84 Å². The number of methoxy groups -OCH3 is 1. The zero-order valence-corrected chi connectivity index (χ0v) is 9.06. The topological polar surface area (TPSA) is 43.4 Å². The third-order valence-corrected chi connectivity index (χ3v) is 2.03. The molecule has 0 unspecified atom stereocenters. The first kappa shape index (κ1) is 11.5. The third-order valence-electron chi connectivity index (χ3n) is 1.55. The van der Waals surface area contributed by atoms with Gasteiger partial charge in [0.1, 0.15) is 0 Å². The minimum absolute atomic E-state index is 0.000208.